The molecule has 10 heteroatoms. The van der Waals surface area contributed by atoms with Gasteiger partial charge in [0.2, 0.25) is 11.8 Å². The van der Waals surface area contributed by atoms with Gasteiger partial charge in [0.1, 0.15) is 6.07 Å². The van der Waals surface area contributed by atoms with Gasteiger partial charge in [-0.2, -0.15) is 18.4 Å². The topological polar surface area (TPSA) is 95.5 Å². The Bertz CT molecular complexity index is 1460. The Hall–Kier alpha value is -4.10. The molecular formula is C30H30F3N5O2. The van der Waals surface area contributed by atoms with Crippen LogP contribution in [0.4, 0.5) is 24.5 Å². The van der Waals surface area contributed by atoms with E-state index in [1.54, 1.807) is 6.20 Å². The molecule has 5 rings (SSSR count). The highest BCUT2D eigenvalue weighted by molar-refractivity contribution is 5.97. The van der Waals surface area contributed by atoms with Crippen molar-refractivity contribution in [2.24, 2.45) is 5.73 Å². The molecule has 2 aliphatic rings. The monoisotopic (exact) mass is 549 g/mol. The molecule has 208 valence electrons. The summed E-state index contributed by atoms with van der Waals surface area (Å²) in [5.41, 5.74) is 8.70. The second-order valence-electron chi connectivity index (χ2n) is 10.1. The standard InChI is InChI=1S/C30H30F3N5O2/c1-2-40-28-23(4-3-13-36-28)20-5-7-24-26(17-20)38(27(39)9-12-34)19-29(24)10-14-37(15-11-29)25-8-6-22(30(31,32)33)16-21(25)18-35/h3-8,13,16-17H,2,9-12,14-15,19,34H2,1H3. The van der Waals surface area contributed by atoms with E-state index in [-0.39, 0.29) is 29.9 Å². The van der Waals surface area contributed by atoms with Crippen LogP contribution in [0.1, 0.15) is 42.9 Å². The molecule has 0 atom stereocenters. The highest BCUT2D eigenvalue weighted by Gasteiger charge is 2.46. The molecule has 2 N–H and O–H groups in total. The summed E-state index contributed by atoms with van der Waals surface area (Å²) in [6.07, 6.45) is -1.26. The number of nitrogens with zero attached hydrogens (tertiary/aromatic N) is 4. The number of nitrogens with two attached hydrogens (primary N) is 1. The second kappa shape index (κ2) is 10.8. The van der Waals surface area contributed by atoms with Crippen molar-refractivity contribution < 1.29 is 22.7 Å². The fourth-order valence-corrected chi connectivity index (χ4v) is 5.87. The van der Waals surface area contributed by atoms with Crippen LogP contribution < -0.4 is 20.3 Å². The zero-order valence-corrected chi connectivity index (χ0v) is 22.2. The van der Waals surface area contributed by atoms with Crippen molar-refractivity contribution in [2.45, 2.75) is 37.8 Å². The first-order chi connectivity index (χ1) is 19.2. The van der Waals surface area contributed by atoms with Crippen LogP contribution in [0.15, 0.2) is 54.7 Å². The van der Waals surface area contributed by atoms with Crippen LogP contribution in [0, 0.1) is 11.3 Å². The number of carbonyl (C=O) groups excluding carboxylic acids is 1. The number of amides is 1. The van der Waals surface area contributed by atoms with E-state index >= 15 is 0 Å². The van der Waals surface area contributed by atoms with Crippen LogP contribution >= 0.6 is 0 Å². The molecule has 40 heavy (non-hydrogen) atoms. The zero-order valence-electron chi connectivity index (χ0n) is 22.2. The minimum atomic E-state index is -4.51. The van der Waals surface area contributed by atoms with E-state index in [1.807, 2.05) is 47.1 Å². The first kappa shape index (κ1) is 27.5. The van der Waals surface area contributed by atoms with Crippen LogP contribution in [-0.2, 0) is 16.4 Å². The molecule has 1 saturated heterocycles. The summed E-state index contributed by atoms with van der Waals surface area (Å²) in [7, 11) is 0. The predicted octanol–water partition coefficient (Wildman–Crippen LogP) is 5.27. The molecule has 1 amide bonds. The summed E-state index contributed by atoms with van der Waals surface area (Å²) in [4.78, 5) is 21.4. The number of nitriles is 1. The van der Waals surface area contributed by atoms with Gasteiger partial charge in [0, 0.05) is 55.5 Å². The van der Waals surface area contributed by atoms with Crippen LogP contribution in [0.25, 0.3) is 11.1 Å². The molecule has 0 radical (unpaired) electrons. The van der Waals surface area contributed by atoms with Gasteiger partial charge in [-0.25, -0.2) is 4.98 Å². The molecule has 2 aliphatic heterocycles. The molecule has 0 unspecified atom stereocenters. The van der Waals surface area contributed by atoms with Crippen molar-refractivity contribution in [3.63, 3.8) is 0 Å². The summed E-state index contributed by atoms with van der Waals surface area (Å²) < 4.78 is 45.3. The van der Waals surface area contributed by atoms with Gasteiger partial charge in [0.25, 0.3) is 0 Å². The van der Waals surface area contributed by atoms with Gasteiger partial charge in [-0.1, -0.05) is 12.1 Å². The van der Waals surface area contributed by atoms with Gasteiger partial charge in [-0.05, 0) is 67.3 Å². The third-order valence-corrected chi connectivity index (χ3v) is 7.85. The minimum Gasteiger partial charge on any atom is -0.478 e. The van der Waals surface area contributed by atoms with E-state index in [9.17, 15) is 23.2 Å². The number of ether oxygens (including phenoxy) is 1. The third kappa shape index (κ3) is 4.97. The van der Waals surface area contributed by atoms with E-state index in [2.05, 4.69) is 11.1 Å². The Balaban J connectivity index is 1.47. The van der Waals surface area contributed by atoms with Crippen molar-refractivity contribution in [1.82, 2.24) is 4.98 Å². The van der Waals surface area contributed by atoms with Crippen molar-refractivity contribution in [1.29, 1.82) is 5.26 Å². The number of carbonyl (C=O) groups is 1. The number of hydrogen-bond acceptors (Lipinski definition) is 6. The molecule has 3 heterocycles. The molecule has 2 aromatic carbocycles. The van der Waals surface area contributed by atoms with Crippen LogP contribution in [0.5, 0.6) is 5.88 Å². The maximum Gasteiger partial charge on any atom is 0.416 e. The van der Waals surface area contributed by atoms with E-state index in [4.69, 9.17) is 10.5 Å². The lowest BCUT2D eigenvalue weighted by Crippen LogP contribution is -2.46. The highest BCUT2D eigenvalue weighted by Crippen LogP contribution is 2.49. The summed E-state index contributed by atoms with van der Waals surface area (Å²) in [5.74, 6) is 0.474. The van der Waals surface area contributed by atoms with Gasteiger partial charge in [-0.3, -0.25) is 4.79 Å². The number of benzene rings is 2. The fraction of sp³-hybridized carbons (Fsp3) is 0.367. The number of aromatic nitrogens is 1. The average Bonchev–Trinajstić information content (AvgIpc) is 3.26. The molecule has 0 aliphatic carbocycles. The number of halogens is 3. The third-order valence-electron chi connectivity index (χ3n) is 7.85. The first-order valence-corrected chi connectivity index (χ1v) is 13.3. The average molecular weight is 550 g/mol. The molecule has 7 nitrogen and oxygen atoms in total. The number of alkyl halides is 3. The molecule has 3 aromatic rings. The number of piperidine rings is 1. The molecule has 0 saturated carbocycles. The Morgan fingerprint density at radius 2 is 1.93 bits per heavy atom. The normalized spacial score (nSPS) is 16.1. The molecule has 1 fully saturated rings. The Morgan fingerprint density at radius 1 is 1.15 bits per heavy atom. The lowest BCUT2D eigenvalue weighted by Gasteiger charge is -2.41. The van der Waals surface area contributed by atoms with E-state index in [0.29, 0.717) is 50.7 Å². The summed E-state index contributed by atoms with van der Waals surface area (Å²) in [5, 5.41) is 9.58. The number of fused-ring (bicyclic) bond motifs is 2. The molecular weight excluding hydrogens is 519 g/mol. The Morgan fingerprint density at radius 3 is 2.60 bits per heavy atom. The quantitative estimate of drug-likeness (QED) is 0.450. The summed E-state index contributed by atoms with van der Waals surface area (Å²) in [6, 6.07) is 15.1. The number of pyridine rings is 1. The largest absolute Gasteiger partial charge is 0.478 e. The number of hydrogen-bond donors (Lipinski definition) is 1. The lowest BCUT2D eigenvalue weighted by atomic mass is 9.74. The van der Waals surface area contributed by atoms with Crippen LogP contribution in [-0.4, -0.2) is 43.7 Å². The van der Waals surface area contributed by atoms with Crippen LogP contribution in [0.3, 0.4) is 0 Å². The van der Waals surface area contributed by atoms with Gasteiger partial charge < -0.3 is 20.3 Å². The zero-order chi connectivity index (χ0) is 28.5. The lowest BCUT2D eigenvalue weighted by molar-refractivity contribution is -0.137. The molecule has 0 bridgehead atoms. The smallest absolute Gasteiger partial charge is 0.416 e. The first-order valence-electron chi connectivity index (χ1n) is 13.3. The van der Waals surface area contributed by atoms with Gasteiger partial charge in [0.05, 0.1) is 23.4 Å². The maximum absolute atomic E-state index is 13.2. The fourth-order valence-electron chi connectivity index (χ4n) is 5.87. The van der Waals surface area contributed by atoms with Gasteiger partial charge in [0.15, 0.2) is 0 Å². The van der Waals surface area contributed by atoms with E-state index in [1.165, 1.54) is 6.07 Å². The minimum absolute atomic E-state index is 0.00330. The van der Waals surface area contributed by atoms with Crippen molar-refractivity contribution in [3.05, 3.63) is 71.4 Å². The number of anilines is 2. The Kier molecular flexibility index (Phi) is 7.43. The van der Waals surface area contributed by atoms with Crippen molar-refractivity contribution in [3.8, 4) is 23.1 Å². The van der Waals surface area contributed by atoms with Gasteiger partial charge in [-0.15, -0.1) is 0 Å². The SMILES string of the molecule is CCOc1ncccc1-c1ccc2c(c1)N(C(=O)CCN)CC21CCN(c2ccc(C(F)(F)F)cc2C#N)CC1. The van der Waals surface area contributed by atoms with E-state index < -0.39 is 11.7 Å². The highest BCUT2D eigenvalue weighted by atomic mass is 19.4. The predicted molar refractivity (Wildman–Crippen MR) is 146 cm³/mol. The summed E-state index contributed by atoms with van der Waals surface area (Å²) >= 11 is 0. The molecule has 1 spiro atoms. The Labute approximate surface area is 231 Å². The van der Waals surface area contributed by atoms with Crippen LogP contribution in [0.2, 0.25) is 0 Å². The molecule has 1 aromatic heterocycles. The van der Waals surface area contributed by atoms with E-state index in [0.717, 1.165) is 34.5 Å². The van der Waals surface area contributed by atoms with Crippen molar-refractivity contribution >= 4 is 17.3 Å². The number of rotatable bonds is 6. The van der Waals surface area contributed by atoms with Gasteiger partial charge >= 0.3 is 6.18 Å². The maximum atomic E-state index is 13.2. The summed E-state index contributed by atoms with van der Waals surface area (Å²) in [6.45, 7) is 4.19. The second-order valence-corrected chi connectivity index (χ2v) is 10.1. The van der Waals surface area contributed by atoms with Crippen molar-refractivity contribution in [2.75, 3.05) is 42.6 Å².